The van der Waals surface area contributed by atoms with Crippen LogP contribution in [-0.4, -0.2) is 15.0 Å². The SMILES string of the molecule is c1ccc(-c2ccccc2-c2nc(-c3ccc4c(c3)-c3ccccc3C4(c3ccccc3)c3ccccc3)nc(-c3ccccc3-c3c4ccccc4cc4c3ccc3ccccc34)n2)cc1. The molecule has 0 N–H and O–H groups in total. The summed E-state index contributed by atoms with van der Waals surface area (Å²) < 4.78 is 0. The topological polar surface area (TPSA) is 38.7 Å². The van der Waals surface area contributed by atoms with Crippen molar-refractivity contribution in [1.29, 1.82) is 0 Å². The molecule has 3 heteroatoms. The van der Waals surface area contributed by atoms with Gasteiger partial charge in [0.1, 0.15) is 0 Å². The van der Waals surface area contributed by atoms with Crippen LogP contribution < -0.4 is 0 Å². The van der Waals surface area contributed by atoms with E-state index in [1.54, 1.807) is 0 Å². The van der Waals surface area contributed by atoms with Gasteiger partial charge in [-0.3, -0.25) is 0 Å². The van der Waals surface area contributed by atoms with Gasteiger partial charge in [-0.15, -0.1) is 0 Å². The van der Waals surface area contributed by atoms with E-state index in [9.17, 15) is 0 Å². The van der Waals surface area contributed by atoms with Crippen molar-refractivity contribution in [2.45, 2.75) is 5.41 Å². The Labute approximate surface area is 389 Å². The summed E-state index contributed by atoms with van der Waals surface area (Å²) in [4.78, 5) is 16.4. The molecule has 12 aromatic rings. The Bertz CT molecular complexity index is 3820. The van der Waals surface area contributed by atoms with Gasteiger partial charge in [0.15, 0.2) is 17.5 Å². The predicted molar refractivity (Wildman–Crippen MR) is 277 cm³/mol. The molecule has 13 rings (SSSR count). The van der Waals surface area contributed by atoms with E-state index in [0.29, 0.717) is 17.5 Å². The number of hydrogen-bond donors (Lipinski definition) is 0. The molecule has 0 saturated heterocycles. The van der Waals surface area contributed by atoms with Crippen molar-refractivity contribution in [3.05, 3.63) is 271 Å². The zero-order valence-electron chi connectivity index (χ0n) is 36.5. The van der Waals surface area contributed by atoms with E-state index < -0.39 is 5.41 Å². The molecule has 67 heavy (non-hydrogen) atoms. The lowest BCUT2D eigenvalue weighted by Crippen LogP contribution is -2.28. The normalized spacial score (nSPS) is 12.6. The van der Waals surface area contributed by atoms with Crippen LogP contribution >= 0.6 is 0 Å². The van der Waals surface area contributed by atoms with Gasteiger partial charge in [0.05, 0.1) is 5.41 Å². The highest BCUT2D eigenvalue weighted by Gasteiger charge is 2.46. The first-order valence-electron chi connectivity index (χ1n) is 22.9. The fourth-order valence-electron chi connectivity index (χ4n) is 10.9. The van der Waals surface area contributed by atoms with Crippen LogP contribution in [0.5, 0.6) is 0 Å². The number of rotatable bonds is 7. The van der Waals surface area contributed by atoms with Crippen LogP contribution in [0.1, 0.15) is 22.3 Å². The molecule has 1 heterocycles. The summed E-state index contributed by atoms with van der Waals surface area (Å²) in [5, 5.41) is 7.22. The summed E-state index contributed by atoms with van der Waals surface area (Å²) >= 11 is 0. The van der Waals surface area contributed by atoms with E-state index >= 15 is 0 Å². The fraction of sp³-hybridized carbons (Fsp3) is 0.0156. The molecule has 1 aromatic heterocycles. The largest absolute Gasteiger partial charge is 0.208 e. The van der Waals surface area contributed by atoms with Crippen LogP contribution in [0.15, 0.2) is 249 Å². The van der Waals surface area contributed by atoms with Crippen molar-refractivity contribution in [3.63, 3.8) is 0 Å². The average molecular weight is 852 g/mol. The van der Waals surface area contributed by atoms with Crippen molar-refractivity contribution in [2.75, 3.05) is 0 Å². The lowest BCUT2D eigenvalue weighted by atomic mass is 9.67. The molecule has 0 saturated carbocycles. The molecule has 0 fully saturated rings. The van der Waals surface area contributed by atoms with Crippen molar-refractivity contribution >= 4 is 32.3 Å². The molecular weight excluding hydrogens is 811 g/mol. The molecule has 3 nitrogen and oxygen atoms in total. The number of nitrogens with zero attached hydrogens (tertiary/aromatic N) is 3. The Morgan fingerprint density at radius 1 is 0.254 bits per heavy atom. The van der Waals surface area contributed by atoms with Crippen LogP contribution in [0.25, 0.3) is 99.9 Å². The molecule has 0 amide bonds. The molecule has 1 aliphatic carbocycles. The van der Waals surface area contributed by atoms with Crippen LogP contribution in [0.3, 0.4) is 0 Å². The monoisotopic (exact) mass is 851 g/mol. The summed E-state index contributed by atoms with van der Waals surface area (Å²) in [6, 6.07) is 89.4. The van der Waals surface area contributed by atoms with E-state index in [-0.39, 0.29) is 0 Å². The summed E-state index contributed by atoms with van der Waals surface area (Å²) in [7, 11) is 0. The first-order chi connectivity index (χ1) is 33.2. The highest BCUT2D eigenvalue weighted by Crippen LogP contribution is 2.56. The number of fused-ring (bicyclic) bond motifs is 7. The Morgan fingerprint density at radius 2 is 0.761 bits per heavy atom. The second kappa shape index (κ2) is 15.7. The lowest BCUT2D eigenvalue weighted by Gasteiger charge is -2.33. The molecule has 0 atom stereocenters. The molecule has 312 valence electrons. The first-order valence-corrected chi connectivity index (χ1v) is 22.9. The number of hydrogen-bond acceptors (Lipinski definition) is 3. The predicted octanol–water partition coefficient (Wildman–Crippen LogP) is 16.0. The number of benzene rings is 11. The van der Waals surface area contributed by atoms with Gasteiger partial charge in [0.25, 0.3) is 0 Å². The van der Waals surface area contributed by atoms with E-state index in [2.05, 4.69) is 249 Å². The maximum absolute atomic E-state index is 5.51. The van der Waals surface area contributed by atoms with E-state index in [0.717, 1.165) is 38.9 Å². The van der Waals surface area contributed by atoms with E-state index in [1.807, 2.05) is 0 Å². The van der Waals surface area contributed by atoms with Crippen molar-refractivity contribution < 1.29 is 0 Å². The second-order valence-corrected chi connectivity index (χ2v) is 17.4. The third-order valence-corrected chi connectivity index (χ3v) is 13.8. The van der Waals surface area contributed by atoms with Crippen molar-refractivity contribution in [1.82, 2.24) is 15.0 Å². The van der Waals surface area contributed by atoms with Gasteiger partial charge in [-0.2, -0.15) is 0 Å². The second-order valence-electron chi connectivity index (χ2n) is 17.4. The maximum atomic E-state index is 5.51. The standard InChI is InChI=1S/C64H41N3/c1-4-20-42(21-5-1)48-28-14-16-33-54(48)62-65-61(45-37-39-59-57(41-45)51-31-18-19-35-58(51)64(59,46-24-6-2-7-25-46)47-26-8-3-9-27-47)66-63(67-62)55-34-17-15-32-52(55)60-50-30-13-11-23-44(50)40-56-49-29-12-10-22-43(49)36-38-53(56)60/h1-41H. The fourth-order valence-corrected chi connectivity index (χ4v) is 10.9. The van der Waals surface area contributed by atoms with Gasteiger partial charge in [0, 0.05) is 16.7 Å². The average Bonchev–Trinajstić information content (AvgIpc) is 3.71. The lowest BCUT2D eigenvalue weighted by molar-refractivity contribution is 0.768. The smallest absolute Gasteiger partial charge is 0.164 e. The number of aromatic nitrogens is 3. The summed E-state index contributed by atoms with van der Waals surface area (Å²) in [5.41, 5.74) is 14.0. The quantitative estimate of drug-likeness (QED) is 0.118. The maximum Gasteiger partial charge on any atom is 0.164 e. The Kier molecular flexibility index (Phi) is 9.07. The van der Waals surface area contributed by atoms with Crippen LogP contribution in [0.4, 0.5) is 0 Å². The first kappa shape index (κ1) is 38.6. The van der Waals surface area contributed by atoms with Crippen molar-refractivity contribution in [2.24, 2.45) is 0 Å². The Morgan fingerprint density at radius 3 is 1.46 bits per heavy atom. The van der Waals surface area contributed by atoms with Gasteiger partial charge in [-0.25, -0.2) is 15.0 Å². The van der Waals surface area contributed by atoms with Gasteiger partial charge in [-0.05, 0) is 100 Å². The van der Waals surface area contributed by atoms with Gasteiger partial charge >= 0.3 is 0 Å². The molecular formula is C64H41N3. The molecule has 0 unspecified atom stereocenters. The molecule has 1 aliphatic rings. The summed E-state index contributed by atoms with van der Waals surface area (Å²) in [5.74, 6) is 1.85. The summed E-state index contributed by atoms with van der Waals surface area (Å²) in [6.07, 6.45) is 0. The zero-order chi connectivity index (χ0) is 44.3. The minimum absolute atomic E-state index is 0.511. The van der Waals surface area contributed by atoms with Crippen LogP contribution in [-0.2, 0) is 5.41 Å². The van der Waals surface area contributed by atoms with Crippen LogP contribution in [0.2, 0.25) is 0 Å². The summed E-state index contributed by atoms with van der Waals surface area (Å²) in [6.45, 7) is 0. The highest BCUT2D eigenvalue weighted by molar-refractivity contribution is 6.21. The third-order valence-electron chi connectivity index (χ3n) is 13.8. The van der Waals surface area contributed by atoms with Gasteiger partial charge in [-0.1, -0.05) is 237 Å². The molecule has 0 radical (unpaired) electrons. The van der Waals surface area contributed by atoms with E-state index in [4.69, 9.17) is 15.0 Å². The Balaban J connectivity index is 1.07. The molecule has 0 spiro atoms. The molecule has 11 aromatic carbocycles. The Hall–Kier alpha value is -8.79. The van der Waals surface area contributed by atoms with Crippen LogP contribution in [0, 0.1) is 0 Å². The van der Waals surface area contributed by atoms with Gasteiger partial charge < -0.3 is 0 Å². The molecule has 0 bridgehead atoms. The molecule has 0 aliphatic heterocycles. The van der Waals surface area contributed by atoms with Gasteiger partial charge in [0.2, 0.25) is 0 Å². The highest BCUT2D eigenvalue weighted by atomic mass is 15.0. The minimum Gasteiger partial charge on any atom is -0.208 e. The zero-order valence-corrected chi connectivity index (χ0v) is 36.5. The van der Waals surface area contributed by atoms with E-state index in [1.165, 1.54) is 65.7 Å². The minimum atomic E-state index is -0.511. The van der Waals surface area contributed by atoms with Crippen molar-refractivity contribution in [3.8, 4) is 67.5 Å². The third kappa shape index (κ3) is 6.16.